The van der Waals surface area contributed by atoms with Crippen molar-refractivity contribution in [1.29, 1.82) is 0 Å². The number of rotatable bonds is 6. The zero-order chi connectivity index (χ0) is 13.5. The minimum atomic E-state index is 0.253. The van der Waals surface area contributed by atoms with Crippen molar-refractivity contribution in [2.45, 2.75) is 25.4 Å². The van der Waals surface area contributed by atoms with Crippen molar-refractivity contribution in [3.05, 3.63) is 29.8 Å². The second kappa shape index (κ2) is 7.48. The number of benzene rings is 1. The maximum absolute atomic E-state index is 8.99. The van der Waals surface area contributed by atoms with E-state index in [1.54, 1.807) is 7.11 Å². The fraction of sp³-hybridized carbons (Fsp3) is 0.600. The van der Waals surface area contributed by atoms with Crippen LogP contribution in [0.3, 0.4) is 0 Å². The van der Waals surface area contributed by atoms with Gasteiger partial charge in [-0.15, -0.1) is 0 Å². The van der Waals surface area contributed by atoms with E-state index in [4.69, 9.17) is 9.84 Å². The van der Waals surface area contributed by atoms with Crippen LogP contribution in [0.25, 0.3) is 0 Å². The number of nitrogens with zero attached hydrogens (tertiary/aromatic N) is 1. The third kappa shape index (κ3) is 4.49. The van der Waals surface area contributed by atoms with Crippen molar-refractivity contribution < 1.29 is 9.84 Å². The van der Waals surface area contributed by atoms with Crippen LogP contribution in [0.2, 0.25) is 0 Å². The zero-order valence-electron chi connectivity index (χ0n) is 11.6. The number of methoxy groups -OCH3 is 1. The Morgan fingerprint density at radius 1 is 1.47 bits per heavy atom. The van der Waals surface area contributed by atoms with Crippen molar-refractivity contribution in [3.8, 4) is 5.75 Å². The lowest BCUT2D eigenvalue weighted by Crippen LogP contribution is -2.46. The third-order valence-electron chi connectivity index (χ3n) is 3.65. The maximum Gasteiger partial charge on any atom is 0.119 e. The number of piperidine rings is 1. The molecule has 1 atom stereocenters. The zero-order valence-corrected chi connectivity index (χ0v) is 11.6. The molecule has 1 unspecified atom stereocenters. The molecule has 19 heavy (non-hydrogen) atoms. The Kier molecular flexibility index (Phi) is 5.63. The number of likely N-dealkylation sites (tertiary alicyclic amines) is 1. The number of ether oxygens (including phenoxy) is 1. The maximum atomic E-state index is 8.99. The molecule has 0 aromatic heterocycles. The van der Waals surface area contributed by atoms with Crippen LogP contribution in [0.5, 0.6) is 5.75 Å². The molecule has 0 bridgehead atoms. The number of hydrogen-bond donors (Lipinski definition) is 2. The largest absolute Gasteiger partial charge is 0.497 e. The average molecular weight is 264 g/mol. The lowest BCUT2D eigenvalue weighted by molar-refractivity contribution is 0.151. The van der Waals surface area contributed by atoms with Gasteiger partial charge in [0.05, 0.1) is 13.7 Å². The van der Waals surface area contributed by atoms with Gasteiger partial charge in [0.25, 0.3) is 0 Å². The fourth-order valence-electron chi connectivity index (χ4n) is 2.61. The molecule has 1 heterocycles. The Morgan fingerprint density at radius 2 is 2.37 bits per heavy atom. The van der Waals surface area contributed by atoms with Crippen LogP contribution in [-0.2, 0) is 6.54 Å². The summed E-state index contributed by atoms with van der Waals surface area (Å²) in [5.74, 6) is 0.907. The summed E-state index contributed by atoms with van der Waals surface area (Å²) >= 11 is 0. The van der Waals surface area contributed by atoms with Crippen molar-refractivity contribution in [1.82, 2.24) is 10.2 Å². The van der Waals surface area contributed by atoms with Gasteiger partial charge in [-0.3, -0.25) is 4.90 Å². The molecule has 0 spiro atoms. The van der Waals surface area contributed by atoms with E-state index in [2.05, 4.69) is 22.3 Å². The van der Waals surface area contributed by atoms with Crippen LogP contribution in [0.4, 0.5) is 0 Å². The van der Waals surface area contributed by atoms with Crippen LogP contribution in [0.1, 0.15) is 18.4 Å². The highest BCUT2D eigenvalue weighted by Gasteiger charge is 2.18. The van der Waals surface area contributed by atoms with Gasteiger partial charge in [-0.1, -0.05) is 12.1 Å². The minimum Gasteiger partial charge on any atom is -0.497 e. The first-order valence-electron chi connectivity index (χ1n) is 7.01. The Labute approximate surface area is 115 Å². The molecule has 4 heteroatoms. The highest BCUT2D eigenvalue weighted by atomic mass is 16.5. The molecule has 1 fully saturated rings. The summed E-state index contributed by atoms with van der Waals surface area (Å²) < 4.78 is 5.23. The van der Waals surface area contributed by atoms with Crippen molar-refractivity contribution in [3.63, 3.8) is 0 Å². The van der Waals surface area contributed by atoms with Gasteiger partial charge in [0.15, 0.2) is 0 Å². The van der Waals surface area contributed by atoms with Crippen molar-refractivity contribution in [2.75, 3.05) is 33.4 Å². The SMILES string of the molecule is COc1cccc(CNC2CCCN(CCO)C2)c1. The summed E-state index contributed by atoms with van der Waals surface area (Å²) in [6, 6.07) is 8.69. The van der Waals surface area contributed by atoms with Gasteiger partial charge in [-0.2, -0.15) is 0 Å². The first-order valence-corrected chi connectivity index (χ1v) is 7.01. The Balaban J connectivity index is 1.80. The lowest BCUT2D eigenvalue weighted by atomic mass is 10.1. The summed E-state index contributed by atoms with van der Waals surface area (Å²) in [7, 11) is 1.69. The smallest absolute Gasteiger partial charge is 0.119 e. The molecule has 1 aromatic carbocycles. The van der Waals surface area contributed by atoms with Crippen molar-refractivity contribution in [2.24, 2.45) is 0 Å². The molecular formula is C15H24N2O2. The predicted octanol–water partition coefficient (Wildman–Crippen LogP) is 1.24. The quantitative estimate of drug-likeness (QED) is 0.811. The summed E-state index contributed by atoms with van der Waals surface area (Å²) in [5.41, 5.74) is 1.25. The molecule has 0 radical (unpaired) electrons. The molecule has 1 aromatic rings. The average Bonchev–Trinajstić information content (AvgIpc) is 2.46. The molecule has 0 saturated carbocycles. The first-order chi connectivity index (χ1) is 9.31. The van der Waals surface area contributed by atoms with E-state index in [-0.39, 0.29) is 6.61 Å². The molecule has 1 aliphatic heterocycles. The molecule has 1 saturated heterocycles. The van der Waals surface area contributed by atoms with Crippen LogP contribution in [0, 0.1) is 0 Å². The Bertz CT molecular complexity index is 382. The highest BCUT2D eigenvalue weighted by molar-refractivity contribution is 5.28. The van der Waals surface area contributed by atoms with Gasteiger partial charge >= 0.3 is 0 Å². The van der Waals surface area contributed by atoms with E-state index in [0.29, 0.717) is 6.04 Å². The molecule has 0 amide bonds. The van der Waals surface area contributed by atoms with Crippen molar-refractivity contribution >= 4 is 0 Å². The predicted molar refractivity (Wildman–Crippen MR) is 76.4 cm³/mol. The second-order valence-corrected chi connectivity index (χ2v) is 5.10. The van der Waals surface area contributed by atoms with E-state index in [1.807, 2.05) is 12.1 Å². The van der Waals surface area contributed by atoms with E-state index in [0.717, 1.165) is 31.9 Å². The van der Waals surface area contributed by atoms with E-state index < -0.39 is 0 Å². The number of β-amino-alcohol motifs (C(OH)–C–C–N with tert-alkyl or cyclic N) is 1. The Hall–Kier alpha value is -1.10. The van der Waals surface area contributed by atoms with E-state index >= 15 is 0 Å². The summed E-state index contributed by atoms with van der Waals surface area (Å²) in [5, 5.41) is 12.6. The van der Waals surface area contributed by atoms with E-state index in [1.165, 1.54) is 18.4 Å². The molecule has 2 rings (SSSR count). The molecule has 1 aliphatic rings. The van der Waals surface area contributed by atoms with Gasteiger partial charge in [-0.25, -0.2) is 0 Å². The monoisotopic (exact) mass is 264 g/mol. The van der Waals surface area contributed by atoms with Crippen LogP contribution in [0.15, 0.2) is 24.3 Å². The van der Waals surface area contributed by atoms with Gasteiger partial charge in [0, 0.05) is 25.7 Å². The second-order valence-electron chi connectivity index (χ2n) is 5.10. The number of aliphatic hydroxyl groups is 1. The lowest BCUT2D eigenvalue weighted by Gasteiger charge is -2.32. The number of nitrogens with one attached hydrogen (secondary N) is 1. The van der Waals surface area contributed by atoms with Crippen LogP contribution >= 0.6 is 0 Å². The Morgan fingerprint density at radius 3 is 3.16 bits per heavy atom. The molecule has 4 nitrogen and oxygen atoms in total. The minimum absolute atomic E-state index is 0.253. The molecular weight excluding hydrogens is 240 g/mol. The fourth-order valence-corrected chi connectivity index (χ4v) is 2.61. The number of hydrogen-bond acceptors (Lipinski definition) is 4. The van der Waals surface area contributed by atoms with Gasteiger partial charge in [-0.05, 0) is 37.1 Å². The normalized spacial score (nSPS) is 20.4. The molecule has 2 N–H and O–H groups in total. The van der Waals surface area contributed by atoms with E-state index in [9.17, 15) is 0 Å². The molecule has 106 valence electrons. The van der Waals surface area contributed by atoms with Crippen LogP contribution < -0.4 is 10.1 Å². The summed E-state index contributed by atoms with van der Waals surface area (Å²) in [6.45, 7) is 4.05. The summed E-state index contributed by atoms with van der Waals surface area (Å²) in [4.78, 5) is 2.33. The molecule has 0 aliphatic carbocycles. The summed E-state index contributed by atoms with van der Waals surface area (Å²) in [6.07, 6.45) is 2.42. The third-order valence-corrected chi connectivity index (χ3v) is 3.65. The van der Waals surface area contributed by atoms with Gasteiger partial charge < -0.3 is 15.2 Å². The van der Waals surface area contributed by atoms with Gasteiger partial charge in [0.2, 0.25) is 0 Å². The highest BCUT2D eigenvalue weighted by Crippen LogP contribution is 2.14. The van der Waals surface area contributed by atoms with Gasteiger partial charge in [0.1, 0.15) is 5.75 Å². The van der Waals surface area contributed by atoms with Crippen LogP contribution in [-0.4, -0.2) is 49.4 Å². The first kappa shape index (κ1) is 14.3. The number of aliphatic hydroxyl groups excluding tert-OH is 1. The standard InChI is InChI=1S/C15H24N2O2/c1-19-15-6-2-4-13(10-15)11-16-14-5-3-7-17(12-14)8-9-18/h2,4,6,10,14,16,18H,3,5,7-9,11-12H2,1H3. The topological polar surface area (TPSA) is 44.7 Å².